The van der Waals surface area contributed by atoms with E-state index in [1.807, 2.05) is 0 Å². The molecule has 136 valence electrons. The minimum absolute atomic E-state index is 0.00660. The number of fused-ring (bicyclic) bond motifs is 7. The lowest BCUT2D eigenvalue weighted by atomic mass is 9.96. The molecule has 1 spiro atoms. The third-order valence-corrected chi connectivity index (χ3v) is 11.1. The summed E-state index contributed by atoms with van der Waals surface area (Å²) in [4.78, 5) is 2.37. The molecule has 6 heteroatoms. The highest BCUT2D eigenvalue weighted by Crippen LogP contribution is 2.65. The number of benzene rings is 1. The Hall–Kier alpha value is -0.923. The molecule has 1 aromatic rings. The van der Waals surface area contributed by atoms with Crippen molar-refractivity contribution in [2.75, 3.05) is 24.7 Å². The van der Waals surface area contributed by atoms with Crippen LogP contribution in [0.15, 0.2) is 24.3 Å². The Kier molecular flexibility index (Phi) is 3.04. The van der Waals surface area contributed by atoms with E-state index in [9.17, 15) is 0 Å². The van der Waals surface area contributed by atoms with Crippen LogP contribution in [0.25, 0.3) is 0 Å². The van der Waals surface area contributed by atoms with Gasteiger partial charge in [0.05, 0.1) is 13.2 Å². The first-order valence-corrected chi connectivity index (χ1v) is 12.1. The maximum Gasteiger partial charge on any atom is 0.248 e. The smallest absolute Gasteiger partial charge is 0.248 e. The van der Waals surface area contributed by atoms with Crippen LogP contribution in [0.4, 0.5) is 5.69 Å². The number of para-hydroxylation sites is 1. The van der Waals surface area contributed by atoms with Crippen molar-refractivity contribution in [3.05, 3.63) is 29.8 Å². The number of epoxide rings is 1. The summed E-state index contributed by atoms with van der Waals surface area (Å²) >= 11 is 0. The van der Waals surface area contributed by atoms with Crippen LogP contribution < -0.4 is 4.90 Å². The van der Waals surface area contributed by atoms with Gasteiger partial charge in [-0.3, -0.25) is 0 Å². The molecule has 5 nitrogen and oxygen atoms in total. The van der Waals surface area contributed by atoms with Crippen LogP contribution in [0.1, 0.15) is 26.3 Å². The maximum atomic E-state index is 7.14. The molecule has 0 N–H and O–H groups in total. The van der Waals surface area contributed by atoms with Gasteiger partial charge in [0.25, 0.3) is 0 Å². The van der Waals surface area contributed by atoms with E-state index in [-0.39, 0.29) is 17.2 Å². The molecule has 3 atom stereocenters. The Morgan fingerprint density at radius 3 is 2.52 bits per heavy atom. The van der Waals surface area contributed by atoms with Gasteiger partial charge in [-0.05, 0) is 24.2 Å². The zero-order valence-electron chi connectivity index (χ0n) is 15.7. The van der Waals surface area contributed by atoms with E-state index < -0.39 is 19.8 Å². The lowest BCUT2D eigenvalue weighted by molar-refractivity contribution is -0.268. The summed E-state index contributed by atoms with van der Waals surface area (Å²) in [6.45, 7) is 13.4. The molecular weight excluding hydrogens is 334 g/mol. The first kappa shape index (κ1) is 16.3. The third-order valence-electron chi connectivity index (χ3n) is 6.66. The van der Waals surface area contributed by atoms with Gasteiger partial charge in [0.1, 0.15) is 12.2 Å². The Morgan fingerprint density at radius 1 is 1.16 bits per heavy atom. The van der Waals surface area contributed by atoms with Crippen LogP contribution in [0.5, 0.6) is 0 Å². The number of hydrogen-bond acceptors (Lipinski definition) is 5. The molecule has 0 unspecified atom stereocenters. The van der Waals surface area contributed by atoms with Gasteiger partial charge < -0.3 is 23.5 Å². The summed E-state index contributed by atoms with van der Waals surface area (Å²) in [5.74, 6) is -0.880. The second kappa shape index (κ2) is 4.67. The molecule has 0 saturated carbocycles. The number of hydrogen-bond donors (Lipinski definition) is 0. The molecule has 4 heterocycles. The average molecular weight is 362 g/mol. The number of rotatable bonds is 2. The SMILES string of the molecule is CC(C)(C)[Si](C)(C)O[C@@]12[C@@H]3O[C@@H]3CN1c1ccccc1C21OCCO1. The minimum Gasteiger partial charge on any atom is -0.388 e. The zero-order valence-corrected chi connectivity index (χ0v) is 16.7. The van der Waals surface area contributed by atoms with Crippen LogP contribution in [0.2, 0.25) is 18.1 Å². The van der Waals surface area contributed by atoms with Gasteiger partial charge in [-0.2, -0.15) is 0 Å². The molecule has 1 aromatic carbocycles. The molecule has 0 aliphatic carbocycles. The van der Waals surface area contributed by atoms with Crippen molar-refractivity contribution in [2.24, 2.45) is 0 Å². The zero-order chi connectivity index (χ0) is 17.7. The molecule has 0 aromatic heterocycles. The van der Waals surface area contributed by atoms with Crippen molar-refractivity contribution in [3.8, 4) is 0 Å². The van der Waals surface area contributed by atoms with Gasteiger partial charge in [0.15, 0.2) is 8.32 Å². The van der Waals surface area contributed by atoms with E-state index >= 15 is 0 Å². The molecule has 0 bridgehead atoms. The van der Waals surface area contributed by atoms with Crippen molar-refractivity contribution in [2.45, 2.75) is 62.6 Å². The predicted octanol–water partition coefficient (Wildman–Crippen LogP) is 3.21. The van der Waals surface area contributed by atoms with E-state index in [0.29, 0.717) is 13.2 Å². The highest BCUT2D eigenvalue weighted by atomic mass is 28.4. The number of nitrogens with zero attached hydrogens (tertiary/aromatic N) is 1. The number of anilines is 1. The summed E-state index contributed by atoms with van der Waals surface area (Å²) < 4.78 is 25.9. The van der Waals surface area contributed by atoms with E-state index in [1.165, 1.54) is 5.69 Å². The first-order chi connectivity index (χ1) is 11.7. The third kappa shape index (κ3) is 1.82. The maximum absolute atomic E-state index is 7.14. The summed E-state index contributed by atoms with van der Waals surface area (Å²) in [5.41, 5.74) is 1.54. The van der Waals surface area contributed by atoms with Gasteiger partial charge in [-0.1, -0.05) is 39.0 Å². The van der Waals surface area contributed by atoms with Crippen LogP contribution in [-0.2, 0) is 24.4 Å². The molecule has 0 amide bonds. The Balaban J connectivity index is 1.70. The fourth-order valence-corrected chi connectivity index (χ4v) is 5.86. The predicted molar refractivity (Wildman–Crippen MR) is 97.0 cm³/mol. The molecule has 3 fully saturated rings. The van der Waals surface area contributed by atoms with E-state index in [0.717, 1.165) is 12.1 Å². The van der Waals surface area contributed by atoms with E-state index in [1.54, 1.807) is 0 Å². The molecule has 4 aliphatic heterocycles. The molecule has 0 radical (unpaired) electrons. The monoisotopic (exact) mass is 361 g/mol. The Morgan fingerprint density at radius 2 is 1.84 bits per heavy atom. The minimum atomic E-state index is -2.09. The highest BCUT2D eigenvalue weighted by Gasteiger charge is 2.81. The van der Waals surface area contributed by atoms with Gasteiger partial charge in [0.2, 0.25) is 11.5 Å². The van der Waals surface area contributed by atoms with Crippen LogP contribution in [0, 0.1) is 0 Å². The summed E-state index contributed by atoms with van der Waals surface area (Å²) in [6, 6.07) is 8.41. The molecule has 3 saturated heterocycles. The Bertz CT molecular complexity index is 724. The second-order valence-electron chi connectivity index (χ2n) is 9.10. The van der Waals surface area contributed by atoms with Gasteiger partial charge in [0, 0.05) is 17.8 Å². The largest absolute Gasteiger partial charge is 0.388 e. The fourth-order valence-electron chi connectivity index (χ4n) is 4.41. The first-order valence-electron chi connectivity index (χ1n) is 9.24. The fraction of sp³-hybridized carbons (Fsp3) is 0.684. The van der Waals surface area contributed by atoms with Crippen LogP contribution >= 0.6 is 0 Å². The van der Waals surface area contributed by atoms with Crippen molar-refractivity contribution in [1.29, 1.82) is 0 Å². The number of ether oxygens (including phenoxy) is 3. The number of morpholine rings is 1. The summed E-state index contributed by atoms with van der Waals surface area (Å²) in [6.07, 6.45) is 0.218. The second-order valence-corrected chi connectivity index (χ2v) is 13.8. The van der Waals surface area contributed by atoms with Crippen LogP contribution in [-0.4, -0.2) is 46.0 Å². The topological polar surface area (TPSA) is 43.5 Å². The summed E-state index contributed by atoms with van der Waals surface area (Å²) in [7, 11) is -2.09. The van der Waals surface area contributed by atoms with Crippen molar-refractivity contribution < 1.29 is 18.6 Å². The van der Waals surface area contributed by atoms with Gasteiger partial charge in [-0.15, -0.1) is 0 Å². The molecule has 25 heavy (non-hydrogen) atoms. The molecule has 5 rings (SSSR count). The average Bonchev–Trinajstić information content (AvgIpc) is 2.93. The van der Waals surface area contributed by atoms with E-state index in [2.05, 4.69) is 63.0 Å². The van der Waals surface area contributed by atoms with E-state index in [4.69, 9.17) is 18.6 Å². The highest BCUT2D eigenvalue weighted by molar-refractivity contribution is 6.74. The quantitative estimate of drug-likeness (QED) is 0.598. The molecular formula is C19H27NO4Si. The van der Waals surface area contributed by atoms with Gasteiger partial charge >= 0.3 is 0 Å². The Labute approximate surface area is 150 Å². The lowest BCUT2D eigenvalue weighted by Crippen LogP contribution is -2.66. The summed E-state index contributed by atoms with van der Waals surface area (Å²) in [5, 5.41) is 0.0922. The van der Waals surface area contributed by atoms with Crippen molar-refractivity contribution >= 4 is 14.0 Å². The normalized spacial score (nSPS) is 35.0. The lowest BCUT2D eigenvalue weighted by Gasteiger charge is -2.50. The molecule has 4 aliphatic rings. The van der Waals surface area contributed by atoms with Crippen molar-refractivity contribution in [1.82, 2.24) is 0 Å². The van der Waals surface area contributed by atoms with Gasteiger partial charge in [-0.25, -0.2) is 0 Å². The standard InChI is InChI=1S/C19H27NO4Si/c1-17(2,3)25(4,5)24-18-16-15(23-16)12-20(18)14-9-7-6-8-13(14)19(18)21-10-11-22-19/h6-9,15-16H,10-12H2,1-5H3/t15-,16-,18-/m1/s1. The van der Waals surface area contributed by atoms with Crippen molar-refractivity contribution in [3.63, 3.8) is 0 Å². The van der Waals surface area contributed by atoms with Crippen LogP contribution in [0.3, 0.4) is 0 Å².